The molecule has 20 heavy (non-hydrogen) atoms. The van der Waals surface area contributed by atoms with Crippen LogP contribution < -0.4 is 0 Å². The van der Waals surface area contributed by atoms with Gasteiger partial charge in [0.1, 0.15) is 5.75 Å². The van der Waals surface area contributed by atoms with Gasteiger partial charge in [0.2, 0.25) is 0 Å². The van der Waals surface area contributed by atoms with Gasteiger partial charge in [-0.25, -0.2) is 0 Å². The molecule has 3 nitrogen and oxygen atoms in total. The Kier molecular flexibility index (Phi) is 3.70. The molecule has 104 valence electrons. The summed E-state index contributed by atoms with van der Waals surface area (Å²) in [6.07, 6.45) is 4.96. The lowest BCUT2D eigenvalue weighted by atomic mass is 10.0. The lowest BCUT2D eigenvalue weighted by molar-refractivity contribution is 0.245. The number of hydrogen-bond acceptors (Lipinski definition) is 3. The molecule has 1 aliphatic rings. The molecule has 0 bridgehead atoms. The van der Waals surface area contributed by atoms with Gasteiger partial charge in [-0.15, -0.1) is 0 Å². The van der Waals surface area contributed by atoms with Gasteiger partial charge in [0, 0.05) is 31.5 Å². The van der Waals surface area contributed by atoms with Gasteiger partial charge in [-0.1, -0.05) is 25.1 Å². The van der Waals surface area contributed by atoms with E-state index in [1.165, 1.54) is 12.0 Å². The number of hydrogen-bond donors (Lipinski definition) is 1. The number of aromatic nitrogens is 1. The first kappa shape index (κ1) is 13.1. The second-order valence-electron chi connectivity index (χ2n) is 5.74. The average molecular weight is 268 g/mol. The highest BCUT2D eigenvalue weighted by Gasteiger charge is 2.30. The fourth-order valence-electron chi connectivity index (χ4n) is 3.12. The molecular formula is C17H20N2O. The van der Waals surface area contributed by atoms with Crippen LogP contribution in [-0.2, 0) is 6.54 Å². The Labute approximate surface area is 119 Å². The molecule has 0 amide bonds. The van der Waals surface area contributed by atoms with Crippen molar-refractivity contribution in [3.05, 3.63) is 59.9 Å². The summed E-state index contributed by atoms with van der Waals surface area (Å²) >= 11 is 0. The van der Waals surface area contributed by atoms with E-state index in [-0.39, 0.29) is 0 Å². The fourth-order valence-corrected chi connectivity index (χ4v) is 3.12. The first-order valence-corrected chi connectivity index (χ1v) is 7.14. The minimum atomic E-state index is 0.340. The number of rotatable bonds is 3. The van der Waals surface area contributed by atoms with E-state index in [1.807, 2.05) is 30.6 Å². The molecule has 1 aromatic heterocycles. The fraction of sp³-hybridized carbons (Fsp3) is 0.353. The topological polar surface area (TPSA) is 36.4 Å². The number of pyridine rings is 1. The second kappa shape index (κ2) is 5.63. The summed E-state index contributed by atoms with van der Waals surface area (Å²) in [5.74, 6) is 1.03. The van der Waals surface area contributed by atoms with Gasteiger partial charge >= 0.3 is 0 Å². The Balaban J connectivity index is 1.80. The molecule has 0 radical (unpaired) electrons. The summed E-state index contributed by atoms with van der Waals surface area (Å²) < 4.78 is 0. The van der Waals surface area contributed by atoms with Crippen molar-refractivity contribution in [3.63, 3.8) is 0 Å². The molecule has 0 aliphatic carbocycles. The molecule has 3 heteroatoms. The van der Waals surface area contributed by atoms with Crippen LogP contribution in [0, 0.1) is 5.92 Å². The number of phenols is 1. The van der Waals surface area contributed by atoms with E-state index in [9.17, 15) is 5.11 Å². The van der Waals surface area contributed by atoms with E-state index >= 15 is 0 Å². The Morgan fingerprint density at radius 3 is 2.95 bits per heavy atom. The third-order valence-electron chi connectivity index (χ3n) is 3.98. The van der Waals surface area contributed by atoms with E-state index in [0.29, 0.717) is 17.7 Å². The van der Waals surface area contributed by atoms with E-state index in [4.69, 9.17) is 0 Å². The SMILES string of the molecule is C[C@@H]1C[C@@H](c2cccnc2)N(Cc2cccc(O)c2)C1. The summed E-state index contributed by atoms with van der Waals surface area (Å²) in [6, 6.07) is 12.1. The predicted molar refractivity (Wildman–Crippen MR) is 79.3 cm³/mol. The zero-order valence-electron chi connectivity index (χ0n) is 11.7. The largest absolute Gasteiger partial charge is 0.508 e. The quantitative estimate of drug-likeness (QED) is 0.927. The molecule has 0 unspecified atom stereocenters. The van der Waals surface area contributed by atoms with Gasteiger partial charge in [-0.3, -0.25) is 9.88 Å². The Morgan fingerprint density at radius 2 is 2.20 bits per heavy atom. The van der Waals surface area contributed by atoms with Crippen LogP contribution in [0.15, 0.2) is 48.8 Å². The van der Waals surface area contributed by atoms with E-state index in [2.05, 4.69) is 28.9 Å². The summed E-state index contributed by atoms with van der Waals surface area (Å²) in [5.41, 5.74) is 2.45. The lowest BCUT2D eigenvalue weighted by Crippen LogP contribution is -2.23. The third-order valence-corrected chi connectivity index (χ3v) is 3.98. The molecule has 3 rings (SSSR count). The van der Waals surface area contributed by atoms with Crippen molar-refractivity contribution in [1.29, 1.82) is 0 Å². The maximum atomic E-state index is 9.59. The molecular weight excluding hydrogens is 248 g/mol. The summed E-state index contributed by atoms with van der Waals surface area (Å²) in [6.45, 7) is 4.26. The molecule has 1 N–H and O–H groups in total. The van der Waals surface area contributed by atoms with Gasteiger partial charge in [-0.05, 0) is 41.7 Å². The molecule has 2 heterocycles. The van der Waals surface area contributed by atoms with Gasteiger partial charge in [0.05, 0.1) is 0 Å². The number of aromatic hydroxyl groups is 1. The summed E-state index contributed by atoms with van der Waals surface area (Å²) in [7, 11) is 0. The van der Waals surface area contributed by atoms with Crippen LogP contribution in [0.1, 0.15) is 30.5 Å². The molecule has 1 aliphatic heterocycles. The molecule has 1 fully saturated rings. The predicted octanol–water partition coefficient (Wildman–Crippen LogP) is 3.37. The minimum absolute atomic E-state index is 0.340. The van der Waals surface area contributed by atoms with Crippen LogP contribution in [0.5, 0.6) is 5.75 Å². The zero-order chi connectivity index (χ0) is 13.9. The van der Waals surface area contributed by atoms with Crippen molar-refractivity contribution >= 4 is 0 Å². The van der Waals surface area contributed by atoms with Crippen molar-refractivity contribution in [2.75, 3.05) is 6.54 Å². The maximum absolute atomic E-state index is 9.59. The third kappa shape index (κ3) is 2.83. The number of phenolic OH excluding ortho intramolecular Hbond substituents is 1. The molecule has 0 saturated carbocycles. The standard InChI is InChI=1S/C17H20N2O/c1-13-8-17(15-5-3-7-18-10-15)19(11-13)12-14-4-2-6-16(20)9-14/h2-7,9-10,13,17,20H,8,11-12H2,1H3/t13-,17+/m1/s1. The maximum Gasteiger partial charge on any atom is 0.115 e. The van der Waals surface area contributed by atoms with Gasteiger partial charge < -0.3 is 5.11 Å². The molecule has 2 atom stereocenters. The number of benzene rings is 1. The highest BCUT2D eigenvalue weighted by molar-refractivity contribution is 5.27. The highest BCUT2D eigenvalue weighted by atomic mass is 16.3. The van der Waals surface area contributed by atoms with E-state index in [1.54, 1.807) is 6.07 Å². The summed E-state index contributed by atoms with van der Waals surface area (Å²) in [4.78, 5) is 6.73. The van der Waals surface area contributed by atoms with Crippen molar-refractivity contribution in [2.45, 2.75) is 25.9 Å². The van der Waals surface area contributed by atoms with Crippen LogP contribution in [0.4, 0.5) is 0 Å². The first-order chi connectivity index (χ1) is 9.72. The van der Waals surface area contributed by atoms with E-state index < -0.39 is 0 Å². The van der Waals surface area contributed by atoms with Crippen LogP contribution in [0.25, 0.3) is 0 Å². The first-order valence-electron chi connectivity index (χ1n) is 7.14. The minimum Gasteiger partial charge on any atom is -0.508 e. The molecule has 2 aromatic rings. The normalized spacial score (nSPS) is 23.1. The van der Waals surface area contributed by atoms with Crippen LogP contribution in [-0.4, -0.2) is 21.5 Å². The number of nitrogens with zero attached hydrogens (tertiary/aromatic N) is 2. The van der Waals surface area contributed by atoms with Crippen LogP contribution in [0.2, 0.25) is 0 Å². The Bertz CT molecular complexity index is 570. The molecule has 1 saturated heterocycles. The second-order valence-corrected chi connectivity index (χ2v) is 5.74. The van der Waals surface area contributed by atoms with E-state index in [0.717, 1.165) is 18.7 Å². The van der Waals surface area contributed by atoms with Crippen LogP contribution >= 0.6 is 0 Å². The van der Waals surface area contributed by atoms with Crippen LogP contribution in [0.3, 0.4) is 0 Å². The molecule has 0 spiro atoms. The lowest BCUT2D eigenvalue weighted by Gasteiger charge is -2.24. The van der Waals surface area contributed by atoms with Crippen molar-refractivity contribution in [3.8, 4) is 5.75 Å². The van der Waals surface area contributed by atoms with Gasteiger partial charge in [0.25, 0.3) is 0 Å². The number of likely N-dealkylation sites (tertiary alicyclic amines) is 1. The zero-order valence-corrected chi connectivity index (χ0v) is 11.7. The van der Waals surface area contributed by atoms with Gasteiger partial charge in [0.15, 0.2) is 0 Å². The van der Waals surface area contributed by atoms with Gasteiger partial charge in [-0.2, -0.15) is 0 Å². The Hall–Kier alpha value is -1.87. The average Bonchev–Trinajstić information content (AvgIpc) is 2.80. The monoisotopic (exact) mass is 268 g/mol. The van der Waals surface area contributed by atoms with Crippen molar-refractivity contribution < 1.29 is 5.11 Å². The smallest absolute Gasteiger partial charge is 0.115 e. The molecule has 1 aromatic carbocycles. The van der Waals surface area contributed by atoms with Crippen molar-refractivity contribution in [2.24, 2.45) is 5.92 Å². The Morgan fingerprint density at radius 1 is 1.30 bits per heavy atom. The summed E-state index contributed by atoms with van der Waals surface area (Å²) in [5, 5.41) is 9.59. The van der Waals surface area contributed by atoms with Crippen molar-refractivity contribution in [1.82, 2.24) is 9.88 Å². The highest BCUT2D eigenvalue weighted by Crippen LogP contribution is 2.36.